The van der Waals surface area contributed by atoms with E-state index in [1.54, 1.807) is 4.90 Å². The fourth-order valence-corrected chi connectivity index (χ4v) is 3.05. The molecular weight excluding hydrogens is 242 g/mol. The van der Waals surface area contributed by atoms with Gasteiger partial charge in [0, 0.05) is 18.5 Å². The smallest absolute Gasteiger partial charge is 0.240 e. The second-order valence-corrected chi connectivity index (χ2v) is 6.97. The first kappa shape index (κ1) is 14.3. The molecule has 2 aliphatic heterocycles. The highest BCUT2D eigenvalue weighted by atomic mass is 16.2. The summed E-state index contributed by atoms with van der Waals surface area (Å²) in [5.41, 5.74) is -0.128. The number of nitrogens with one attached hydrogen (secondary N) is 2. The van der Waals surface area contributed by atoms with Crippen molar-refractivity contribution >= 4 is 11.8 Å². The highest BCUT2D eigenvalue weighted by Gasteiger charge is 2.43. The van der Waals surface area contributed by atoms with Crippen LogP contribution in [0.2, 0.25) is 0 Å². The summed E-state index contributed by atoms with van der Waals surface area (Å²) in [5, 5.41) is 6.24. The van der Waals surface area contributed by atoms with Crippen LogP contribution in [0.4, 0.5) is 0 Å². The van der Waals surface area contributed by atoms with E-state index in [0.717, 1.165) is 32.5 Å². The van der Waals surface area contributed by atoms with Crippen LogP contribution in [-0.4, -0.2) is 48.4 Å². The highest BCUT2D eigenvalue weighted by molar-refractivity contribution is 5.86. The molecule has 2 aliphatic rings. The Morgan fingerprint density at radius 1 is 1.37 bits per heavy atom. The van der Waals surface area contributed by atoms with Crippen molar-refractivity contribution in [3.8, 4) is 0 Å². The number of piperidine rings is 1. The number of hydrogen-bond donors (Lipinski definition) is 2. The number of rotatable bonds is 2. The molecule has 0 unspecified atom stereocenters. The van der Waals surface area contributed by atoms with Crippen LogP contribution in [0.5, 0.6) is 0 Å². The lowest BCUT2D eigenvalue weighted by atomic mass is 9.78. The molecular formula is C14H25N3O2. The van der Waals surface area contributed by atoms with Gasteiger partial charge in [-0.1, -0.05) is 0 Å². The van der Waals surface area contributed by atoms with Gasteiger partial charge in [0.2, 0.25) is 11.8 Å². The third-order valence-corrected chi connectivity index (χ3v) is 3.92. The van der Waals surface area contributed by atoms with Crippen molar-refractivity contribution in [1.29, 1.82) is 0 Å². The molecule has 2 amide bonds. The second kappa shape index (κ2) is 5.12. The van der Waals surface area contributed by atoms with Gasteiger partial charge in [-0.3, -0.25) is 9.59 Å². The van der Waals surface area contributed by atoms with E-state index in [9.17, 15) is 9.59 Å². The van der Waals surface area contributed by atoms with Crippen LogP contribution in [0.3, 0.4) is 0 Å². The van der Waals surface area contributed by atoms with Crippen LogP contribution in [0, 0.1) is 5.41 Å². The summed E-state index contributed by atoms with van der Waals surface area (Å²) in [6.45, 7) is 8.75. The summed E-state index contributed by atoms with van der Waals surface area (Å²) in [7, 11) is 0. The Labute approximate surface area is 115 Å². The Hall–Kier alpha value is -1.10. The summed E-state index contributed by atoms with van der Waals surface area (Å²) in [6.07, 6.45) is 2.68. The lowest BCUT2D eigenvalue weighted by molar-refractivity contribution is -0.133. The molecule has 5 nitrogen and oxygen atoms in total. The van der Waals surface area contributed by atoms with Crippen molar-refractivity contribution in [2.45, 2.75) is 45.6 Å². The van der Waals surface area contributed by atoms with Crippen LogP contribution < -0.4 is 10.6 Å². The summed E-state index contributed by atoms with van der Waals surface area (Å²) >= 11 is 0. The summed E-state index contributed by atoms with van der Waals surface area (Å²) < 4.78 is 0. The average molecular weight is 267 g/mol. The first-order chi connectivity index (χ1) is 8.80. The van der Waals surface area contributed by atoms with E-state index < -0.39 is 0 Å². The van der Waals surface area contributed by atoms with E-state index in [0.29, 0.717) is 6.42 Å². The molecule has 108 valence electrons. The molecule has 19 heavy (non-hydrogen) atoms. The Balaban J connectivity index is 1.91. The Morgan fingerprint density at radius 2 is 2.00 bits per heavy atom. The number of carbonyl (C=O) groups is 2. The van der Waals surface area contributed by atoms with Crippen LogP contribution in [0.15, 0.2) is 0 Å². The minimum atomic E-state index is -0.244. The van der Waals surface area contributed by atoms with Gasteiger partial charge in [-0.15, -0.1) is 0 Å². The number of carbonyl (C=O) groups excluding carboxylic acids is 2. The van der Waals surface area contributed by atoms with E-state index in [-0.39, 0.29) is 29.3 Å². The van der Waals surface area contributed by atoms with Crippen molar-refractivity contribution in [3.63, 3.8) is 0 Å². The lowest BCUT2D eigenvalue weighted by Gasteiger charge is -2.33. The predicted octanol–water partition coefficient (Wildman–Crippen LogP) is 0.503. The SMILES string of the molecule is CC(C)(C)NC(=O)CN1CC2(CCNCC2)CC1=O. The normalized spacial score (nSPS) is 22.9. The van der Waals surface area contributed by atoms with Crippen LogP contribution in [0.25, 0.3) is 0 Å². The van der Waals surface area contributed by atoms with E-state index in [1.165, 1.54) is 0 Å². The highest BCUT2D eigenvalue weighted by Crippen LogP contribution is 2.39. The molecule has 0 aromatic heterocycles. The zero-order valence-electron chi connectivity index (χ0n) is 12.2. The van der Waals surface area contributed by atoms with Gasteiger partial charge in [-0.2, -0.15) is 0 Å². The molecule has 2 N–H and O–H groups in total. The van der Waals surface area contributed by atoms with Crippen LogP contribution in [-0.2, 0) is 9.59 Å². The fraction of sp³-hybridized carbons (Fsp3) is 0.857. The second-order valence-electron chi connectivity index (χ2n) is 6.97. The topological polar surface area (TPSA) is 61.4 Å². The van der Waals surface area contributed by atoms with E-state index in [2.05, 4.69) is 10.6 Å². The van der Waals surface area contributed by atoms with E-state index in [4.69, 9.17) is 0 Å². The molecule has 0 aromatic carbocycles. The molecule has 1 spiro atoms. The Kier molecular flexibility index (Phi) is 3.85. The fourth-order valence-electron chi connectivity index (χ4n) is 3.05. The number of amides is 2. The van der Waals surface area contributed by atoms with Crippen molar-refractivity contribution in [3.05, 3.63) is 0 Å². The maximum Gasteiger partial charge on any atom is 0.240 e. The summed E-state index contributed by atoms with van der Waals surface area (Å²) in [6, 6.07) is 0. The molecule has 0 bridgehead atoms. The van der Waals surface area contributed by atoms with Gasteiger partial charge in [0.25, 0.3) is 0 Å². The zero-order valence-corrected chi connectivity index (χ0v) is 12.2. The molecule has 0 radical (unpaired) electrons. The van der Waals surface area contributed by atoms with Gasteiger partial charge < -0.3 is 15.5 Å². The first-order valence-electron chi connectivity index (χ1n) is 7.09. The number of likely N-dealkylation sites (tertiary alicyclic amines) is 1. The molecule has 2 saturated heterocycles. The molecule has 2 rings (SSSR count). The minimum Gasteiger partial charge on any atom is -0.350 e. The minimum absolute atomic E-state index is 0.0631. The summed E-state index contributed by atoms with van der Waals surface area (Å²) in [4.78, 5) is 25.7. The van der Waals surface area contributed by atoms with Crippen LogP contribution in [0.1, 0.15) is 40.0 Å². The monoisotopic (exact) mass is 267 g/mol. The van der Waals surface area contributed by atoms with E-state index in [1.807, 2.05) is 20.8 Å². The van der Waals surface area contributed by atoms with Gasteiger partial charge in [-0.05, 0) is 52.1 Å². The Morgan fingerprint density at radius 3 is 2.58 bits per heavy atom. The van der Waals surface area contributed by atoms with Crippen molar-refractivity contribution in [1.82, 2.24) is 15.5 Å². The maximum atomic E-state index is 12.1. The van der Waals surface area contributed by atoms with Crippen molar-refractivity contribution < 1.29 is 9.59 Å². The third kappa shape index (κ3) is 3.69. The quantitative estimate of drug-likeness (QED) is 0.766. The molecule has 0 saturated carbocycles. The van der Waals surface area contributed by atoms with Crippen molar-refractivity contribution in [2.24, 2.45) is 5.41 Å². The van der Waals surface area contributed by atoms with Gasteiger partial charge >= 0.3 is 0 Å². The molecule has 0 aliphatic carbocycles. The zero-order chi connectivity index (χ0) is 14.1. The number of hydrogen-bond acceptors (Lipinski definition) is 3. The largest absolute Gasteiger partial charge is 0.350 e. The van der Waals surface area contributed by atoms with Gasteiger partial charge in [-0.25, -0.2) is 0 Å². The van der Waals surface area contributed by atoms with Gasteiger partial charge in [0.05, 0.1) is 6.54 Å². The Bertz CT molecular complexity index is 367. The molecule has 5 heteroatoms. The molecule has 0 atom stereocenters. The number of nitrogens with zero attached hydrogens (tertiary/aromatic N) is 1. The predicted molar refractivity (Wildman–Crippen MR) is 73.6 cm³/mol. The molecule has 0 aromatic rings. The standard InChI is InChI=1S/C14H25N3O2/c1-13(2,3)16-11(18)9-17-10-14(8-12(17)19)4-6-15-7-5-14/h15H,4-10H2,1-3H3,(H,16,18). The third-order valence-electron chi connectivity index (χ3n) is 3.92. The lowest BCUT2D eigenvalue weighted by Crippen LogP contribution is -2.47. The van der Waals surface area contributed by atoms with E-state index >= 15 is 0 Å². The van der Waals surface area contributed by atoms with Crippen LogP contribution >= 0.6 is 0 Å². The van der Waals surface area contributed by atoms with Crippen molar-refractivity contribution in [2.75, 3.05) is 26.2 Å². The molecule has 2 heterocycles. The maximum absolute atomic E-state index is 12.1. The van der Waals surface area contributed by atoms with Gasteiger partial charge in [0.15, 0.2) is 0 Å². The summed E-state index contributed by atoms with van der Waals surface area (Å²) in [5.74, 6) is 0.0674. The average Bonchev–Trinajstić information content (AvgIpc) is 2.53. The molecule has 2 fully saturated rings. The first-order valence-corrected chi connectivity index (χ1v) is 7.09. The van der Waals surface area contributed by atoms with Gasteiger partial charge in [0.1, 0.15) is 0 Å².